The summed E-state index contributed by atoms with van der Waals surface area (Å²) in [6, 6.07) is 7.23. The average Bonchev–Trinajstić information content (AvgIpc) is 2.41. The van der Waals surface area contributed by atoms with Crippen LogP contribution in [0.5, 0.6) is 5.75 Å². The van der Waals surface area contributed by atoms with E-state index < -0.39 is 6.61 Å². The van der Waals surface area contributed by atoms with E-state index in [1.54, 1.807) is 18.2 Å². The standard InChI is InChI=1S/C17H27F2NO/c1-4-11-20-16(10-5-7-13(2)3)14-8-6-9-15(12-14)21-17(18)19/h6,8-9,12-13,16-17,20H,4-5,7,10-11H2,1-3H3. The number of hydrogen-bond donors (Lipinski definition) is 1. The zero-order valence-corrected chi connectivity index (χ0v) is 13.2. The molecule has 0 fully saturated rings. The van der Waals surface area contributed by atoms with Crippen molar-refractivity contribution in [2.45, 2.75) is 59.1 Å². The van der Waals surface area contributed by atoms with Crippen molar-refractivity contribution >= 4 is 0 Å². The van der Waals surface area contributed by atoms with Crippen molar-refractivity contribution in [3.05, 3.63) is 29.8 Å². The van der Waals surface area contributed by atoms with Crippen molar-refractivity contribution < 1.29 is 13.5 Å². The molecule has 0 aromatic heterocycles. The number of nitrogens with one attached hydrogen (secondary N) is 1. The molecular weight excluding hydrogens is 272 g/mol. The Morgan fingerprint density at radius 3 is 2.57 bits per heavy atom. The van der Waals surface area contributed by atoms with Crippen molar-refractivity contribution in [2.75, 3.05) is 6.54 Å². The summed E-state index contributed by atoms with van der Waals surface area (Å²) in [6.45, 7) is 4.70. The Morgan fingerprint density at radius 2 is 1.95 bits per heavy atom. The van der Waals surface area contributed by atoms with Crippen molar-refractivity contribution in [1.82, 2.24) is 5.32 Å². The fraction of sp³-hybridized carbons (Fsp3) is 0.647. The van der Waals surface area contributed by atoms with Crippen LogP contribution in [0.2, 0.25) is 0 Å². The second kappa shape index (κ2) is 9.72. The lowest BCUT2D eigenvalue weighted by Crippen LogP contribution is -2.22. The first-order valence-electron chi connectivity index (χ1n) is 7.81. The molecule has 1 N–H and O–H groups in total. The van der Waals surface area contributed by atoms with Crippen molar-refractivity contribution in [2.24, 2.45) is 5.92 Å². The fourth-order valence-electron chi connectivity index (χ4n) is 2.34. The highest BCUT2D eigenvalue weighted by atomic mass is 19.3. The molecule has 120 valence electrons. The number of benzene rings is 1. The minimum Gasteiger partial charge on any atom is -0.435 e. The molecule has 0 aliphatic rings. The Labute approximate surface area is 126 Å². The SMILES string of the molecule is CCCNC(CCCC(C)C)c1cccc(OC(F)F)c1. The second-order valence-electron chi connectivity index (χ2n) is 5.78. The zero-order chi connectivity index (χ0) is 15.7. The van der Waals surface area contributed by atoms with Gasteiger partial charge in [-0.15, -0.1) is 0 Å². The van der Waals surface area contributed by atoms with Gasteiger partial charge in [-0.3, -0.25) is 0 Å². The normalized spacial score (nSPS) is 12.9. The molecule has 0 saturated heterocycles. The molecule has 0 aliphatic heterocycles. The first-order valence-corrected chi connectivity index (χ1v) is 7.81. The van der Waals surface area contributed by atoms with Gasteiger partial charge >= 0.3 is 6.61 Å². The topological polar surface area (TPSA) is 21.3 Å². The van der Waals surface area contributed by atoms with E-state index >= 15 is 0 Å². The molecule has 1 rings (SSSR count). The van der Waals surface area contributed by atoms with E-state index in [-0.39, 0.29) is 11.8 Å². The third-order valence-electron chi connectivity index (χ3n) is 3.40. The smallest absolute Gasteiger partial charge is 0.387 e. The zero-order valence-electron chi connectivity index (χ0n) is 13.2. The Morgan fingerprint density at radius 1 is 1.19 bits per heavy atom. The summed E-state index contributed by atoms with van der Waals surface area (Å²) in [4.78, 5) is 0. The second-order valence-corrected chi connectivity index (χ2v) is 5.78. The minimum atomic E-state index is -2.77. The molecule has 21 heavy (non-hydrogen) atoms. The fourth-order valence-corrected chi connectivity index (χ4v) is 2.34. The number of halogens is 2. The van der Waals surface area contributed by atoms with Crippen LogP contribution in [0.1, 0.15) is 58.1 Å². The minimum absolute atomic E-state index is 0.199. The van der Waals surface area contributed by atoms with Crippen LogP contribution < -0.4 is 10.1 Å². The summed E-state index contributed by atoms with van der Waals surface area (Å²) in [5, 5.41) is 3.50. The molecule has 1 atom stereocenters. The molecule has 0 aliphatic carbocycles. The maximum atomic E-state index is 12.3. The summed E-state index contributed by atoms with van der Waals surface area (Å²) < 4.78 is 29.1. The van der Waals surface area contributed by atoms with Gasteiger partial charge in [0.15, 0.2) is 0 Å². The van der Waals surface area contributed by atoms with Gasteiger partial charge in [-0.25, -0.2) is 0 Å². The van der Waals surface area contributed by atoms with Gasteiger partial charge in [0.1, 0.15) is 5.75 Å². The van der Waals surface area contributed by atoms with E-state index in [4.69, 9.17) is 0 Å². The van der Waals surface area contributed by atoms with E-state index in [0.717, 1.165) is 31.4 Å². The molecule has 2 nitrogen and oxygen atoms in total. The molecule has 0 spiro atoms. The molecule has 1 aromatic carbocycles. The quantitative estimate of drug-likeness (QED) is 0.644. The Balaban J connectivity index is 2.71. The van der Waals surface area contributed by atoms with Gasteiger partial charge in [0.25, 0.3) is 0 Å². The molecule has 0 amide bonds. The monoisotopic (exact) mass is 299 g/mol. The molecular formula is C17H27F2NO. The summed E-state index contributed by atoms with van der Waals surface area (Å²) in [6.07, 6.45) is 4.36. The van der Waals surface area contributed by atoms with Crippen LogP contribution >= 0.6 is 0 Å². The third kappa shape index (κ3) is 7.42. The van der Waals surface area contributed by atoms with Crippen molar-refractivity contribution in [3.8, 4) is 5.75 Å². The molecule has 0 bridgehead atoms. The summed E-state index contributed by atoms with van der Waals surface area (Å²) in [5.41, 5.74) is 1.02. The number of hydrogen-bond acceptors (Lipinski definition) is 2. The highest BCUT2D eigenvalue weighted by Crippen LogP contribution is 2.25. The van der Waals surface area contributed by atoms with Crippen LogP contribution in [-0.2, 0) is 0 Å². The number of rotatable bonds is 10. The van der Waals surface area contributed by atoms with E-state index in [9.17, 15) is 8.78 Å². The van der Waals surface area contributed by atoms with Crippen molar-refractivity contribution in [3.63, 3.8) is 0 Å². The molecule has 4 heteroatoms. The van der Waals surface area contributed by atoms with Gasteiger partial charge < -0.3 is 10.1 Å². The van der Waals surface area contributed by atoms with Crippen molar-refractivity contribution in [1.29, 1.82) is 0 Å². The van der Waals surface area contributed by atoms with Gasteiger partial charge in [-0.05, 0) is 43.0 Å². The Bertz CT molecular complexity index is 396. The van der Waals surface area contributed by atoms with Gasteiger partial charge in [0.05, 0.1) is 0 Å². The summed E-state index contributed by atoms with van der Waals surface area (Å²) in [7, 11) is 0. The first-order chi connectivity index (χ1) is 10.0. The van der Waals surface area contributed by atoms with E-state index in [1.807, 2.05) is 6.07 Å². The molecule has 1 aromatic rings. The average molecular weight is 299 g/mol. The lowest BCUT2D eigenvalue weighted by molar-refractivity contribution is -0.0499. The Hall–Kier alpha value is -1.16. The molecule has 0 saturated carbocycles. The highest BCUT2D eigenvalue weighted by molar-refractivity contribution is 5.30. The van der Waals surface area contributed by atoms with E-state index in [1.165, 1.54) is 6.42 Å². The lowest BCUT2D eigenvalue weighted by Gasteiger charge is -2.20. The largest absolute Gasteiger partial charge is 0.435 e. The van der Waals surface area contributed by atoms with Gasteiger partial charge in [-0.2, -0.15) is 8.78 Å². The number of ether oxygens (including phenoxy) is 1. The van der Waals surface area contributed by atoms with Crippen LogP contribution in [0.4, 0.5) is 8.78 Å². The van der Waals surface area contributed by atoms with Gasteiger partial charge in [0, 0.05) is 6.04 Å². The first kappa shape index (κ1) is 17.9. The molecule has 0 heterocycles. The third-order valence-corrected chi connectivity index (χ3v) is 3.40. The van der Waals surface area contributed by atoms with Crippen LogP contribution in [-0.4, -0.2) is 13.2 Å². The molecule has 0 radical (unpaired) electrons. The highest BCUT2D eigenvalue weighted by Gasteiger charge is 2.13. The predicted molar refractivity (Wildman–Crippen MR) is 82.8 cm³/mol. The lowest BCUT2D eigenvalue weighted by atomic mass is 9.97. The van der Waals surface area contributed by atoms with Crippen LogP contribution in [0.25, 0.3) is 0 Å². The van der Waals surface area contributed by atoms with E-state index in [0.29, 0.717) is 5.92 Å². The predicted octanol–water partition coefficient (Wildman–Crippen LogP) is 5.16. The van der Waals surface area contributed by atoms with Gasteiger partial charge in [0.2, 0.25) is 0 Å². The van der Waals surface area contributed by atoms with Gasteiger partial charge in [-0.1, -0.05) is 45.7 Å². The van der Waals surface area contributed by atoms with Crippen LogP contribution in [0.15, 0.2) is 24.3 Å². The van der Waals surface area contributed by atoms with Crippen LogP contribution in [0.3, 0.4) is 0 Å². The van der Waals surface area contributed by atoms with E-state index in [2.05, 4.69) is 30.8 Å². The maximum absolute atomic E-state index is 12.3. The maximum Gasteiger partial charge on any atom is 0.387 e. The van der Waals surface area contributed by atoms with Crippen LogP contribution in [0, 0.1) is 5.92 Å². The Kier molecular flexibility index (Phi) is 8.28. The summed E-state index contributed by atoms with van der Waals surface area (Å²) >= 11 is 0. The summed E-state index contributed by atoms with van der Waals surface area (Å²) in [5.74, 6) is 0.917. The molecule has 1 unspecified atom stereocenters. The number of alkyl halides is 2.